The Hall–Kier alpha value is -3.62. The number of hydrogen-bond donors (Lipinski definition) is 0. The normalized spacial score (nSPS) is 12.9. The van der Waals surface area contributed by atoms with Crippen molar-refractivity contribution in [2.75, 3.05) is 13.7 Å². The Balaban J connectivity index is 1.85. The molecule has 0 aromatic heterocycles. The van der Waals surface area contributed by atoms with E-state index in [1.165, 1.54) is 25.3 Å². The number of carbonyl (C=O) groups is 3. The predicted molar refractivity (Wildman–Crippen MR) is 85.7 cm³/mol. The quantitative estimate of drug-likeness (QED) is 0.351. The Labute approximate surface area is 145 Å². The molecule has 0 saturated heterocycles. The molecule has 26 heavy (non-hydrogen) atoms. The van der Waals surface area contributed by atoms with Crippen molar-refractivity contribution in [3.05, 3.63) is 69.0 Å². The fourth-order valence-corrected chi connectivity index (χ4v) is 2.61. The number of halogens is 1. The fourth-order valence-electron chi connectivity index (χ4n) is 2.61. The van der Waals surface area contributed by atoms with Crippen molar-refractivity contribution in [1.29, 1.82) is 0 Å². The van der Waals surface area contributed by atoms with Crippen LogP contribution < -0.4 is 4.74 Å². The summed E-state index contributed by atoms with van der Waals surface area (Å²) in [6.45, 7) is -0.605. The van der Waals surface area contributed by atoms with Crippen molar-refractivity contribution in [2.45, 2.75) is 0 Å². The molecule has 3 rings (SSSR count). The number of nitro benzene ring substituents is 1. The zero-order chi connectivity index (χ0) is 19.0. The third-order valence-electron chi connectivity index (χ3n) is 3.94. The molecule has 2 aromatic rings. The molecular weight excluding hydrogens is 347 g/mol. The van der Waals surface area contributed by atoms with E-state index in [1.807, 2.05) is 0 Å². The summed E-state index contributed by atoms with van der Waals surface area (Å²) in [5.41, 5.74) is -0.534. The highest BCUT2D eigenvalue weighted by Crippen LogP contribution is 2.27. The van der Waals surface area contributed by atoms with Gasteiger partial charge in [-0.2, -0.15) is 0 Å². The van der Waals surface area contributed by atoms with E-state index < -0.39 is 34.9 Å². The Kier molecular flexibility index (Phi) is 4.21. The number of rotatable bonds is 5. The minimum Gasteiger partial charge on any atom is -0.494 e. The van der Waals surface area contributed by atoms with Gasteiger partial charge in [0.25, 0.3) is 17.5 Å². The molecule has 9 heteroatoms. The number of hydrogen-bond acceptors (Lipinski definition) is 6. The second kappa shape index (κ2) is 6.36. The van der Waals surface area contributed by atoms with Crippen LogP contribution in [0.25, 0.3) is 0 Å². The Morgan fingerprint density at radius 2 is 1.85 bits per heavy atom. The lowest BCUT2D eigenvalue weighted by Crippen LogP contribution is -2.34. The van der Waals surface area contributed by atoms with Crippen LogP contribution in [-0.4, -0.2) is 41.1 Å². The van der Waals surface area contributed by atoms with Crippen LogP contribution in [-0.2, 0) is 0 Å². The summed E-state index contributed by atoms with van der Waals surface area (Å²) in [5, 5.41) is 10.8. The van der Waals surface area contributed by atoms with E-state index in [0.29, 0.717) is 4.90 Å². The molecular formula is C17H11FN2O6. The van der Waals surface area contributed by atoms with Crippen molar-refractivity contribution in [1.82, 2.24) is 4.90 Å². The zero-order valence-corrected chi connectivity index (χ0v) is 13.4. The van der Waals surface area contributed by atoms with Gasteiger partial charge in [0.05, 0.1) is 29.7 Å². The lowest BCUT2D eigenvalue weighted by Gasteiger charge is -2.13. The summed E-state index contributed by atoms with van der Waals surface area (Å²) < 4.78 is 18.5. The molecule has 0 fully saturated rings. The first-order valence-corrected chi connectivity index (χ1v) is 7.35. The van der Waals surface area contributed by atoms with Gasteiger partial charge in [-0.1, -0.05) is 0 Å². The number of benzene rings is 2. The van der Waals surface area contributed by atoms with E-state index in [2.05, 4.69) is 0 Å². The van der Waals surface area contributed by atoms with Gasteiger partial charge in [-0.3, -0.25) is 29.4 Å². The number of Topliss-reactive ketones (excluding diaryl/α,β-unsaturated/α-hetero) is 1. The molecule has 2 aromatic carbocycles. The minimum atomic E-state index is -0.809. The van der Waals surface area contributed by atoms with Gasteiger partial charge >= 0.3 is 0 Å². The lowest BCUT2D eigenvalue weighted by atomic mass is 10.1. The van der Waals surface area contributed by atoms with Crippen LogP contribution in [0.1, 0.15) is 31.1 Å². The van der Waals surface area contributed by atoms with Crippen molar-refractivity contribution in [3.63, 3.8) is 0 Å². The van der Waals surface area contributed by atoms with Crippen molar-refractivity contribution < 1.29 is 28.4 Å². The van der Waals surface area contributed by atoms with E-state index in [0.717, 1.165) is 18.2 Å². The van der Waals surface area contributed by atoms with Crippen molar-refractivity contribution >= 4 is 23.3 Å². The van der Waals surface area contributed by atoms with Gasteiger partial charge in [0.2, 0.25) is 0 Å². The molecule has 1 heterocycles. The lowest BCUT2D eigenvalue weighted by molar-refractivity contribution is -0.384. The predicted octanol–water partition coefficient (Wildman–Crippen LogP) is 2.22. The second-order valence-electron chi connectivity index (χ2n) is 5.46. The summed E-state index contributed by atoms with van der Waals surface area (Å²) >= 11 is 0. The SMILES string of the molecule is COc1ccc(C(=O)CN2C(=O)c3ccc([N+](=O)[O-])cc3C2=O)cc1F. The molecule has 0 bridgehead atoms. The number of imide groups is 1. The van der Waals surface area contributed by atoms with E-state index in [9.17, 15) is 28.9 Å². The monoisotopic (exact) mass is 358 g/mol. The van der Waals surface area contributed by atoms with Gasteiger partial charge in [0.15, 0.2) is 17.3 Å². The summed E-state index contributed by atoms with van der Waals surface area (Å²) in [5.74, 6) is -3.00. The molecule has 0 atom stereocenters. The summed E-state index contributed by atoms with van der Waals surface area (Å²) in [6.07, 6.45) is 0. The highest BCUT2D eigenvalue weighted by atomic mass is 19.1. The zero-order valence-electron chi connectivity index (χ0n) is 13.4. The third-order valence-corrected chi connectivity index (χ3v) is 3.94. The van der Waals surface area contributed by atoms with Crippen LogP contribution in [0, 0.1) is 15.9 Å². The van der Waals surface area contributed by atoms with Crippen LogP contribution in [0.2, 0.25) is 0 Å². The highest BCUT2D eigenvalue weighted by molar-refractivity contribution is 6.23. The van der Waals surface area contributed by atoms with Crippen LogP contribution in [0.15, 0.2) is 36.4 Å². The maximum absolute atomic E-state index is 13.7. The molecule has 0 radical (unpaired) electrons. The van der Waals surface area contributed by atoms with E-state index in [1.54, 1.807) is 0 Å². The summed E-state index contributed by atoms with van der Waals surface area (Å²) in [6, 6.07) is 6.79. The number of nitrogens with zero attached hydrogens (tertiary/aromatic N) is 2. The number of fused-ring (bicyclic) bond motifs is 1. The van der Waals surface area contributed by atoms with E-state index in [-0.39, 0.29) is 28.1 Å². The maximum Gasteiger partial charge on any atom is 0.270 e. The molecule has 1 aliphatic heterocycles. The van der Waals surface area contributed by atoms with Gasteiger partial charge < -0.3 is 4.74 Å². The Morgan fingerprint density at radius 3 is 2.46 bits per heavy atom. The summed E-state index contributed by atoms with van der Waals surface area (Å²) in [4.78, 5) is 47.8. The van der Waals surface area contributed by atoms with Gasteiger partial charge in [-0.25, -0.2) is 4.39 Å². The van der Waals surface area contributed by atoms with E-state index in [4.69, 9.17) is 4.74 Å². The molecule has 2 amide bonds. The average molecular weight is 358 g/mol. The first-order valence-electron chi connectivity index (χ1n) is 7.35. The van der Waals surface area contributed by atoms with Gasteiger partial charge in [0.1, 0.15) is 0 Å². The standard InChI is InChI=1S/C17H11FN2O6/c1-26-15-5-2-9(6-13(15)18)14(21)8-19-16(22)11-4-3-10(20(24)25)7-12(11)17(19)23/h2-7H,8H2,1H3. The molecule has 1 aliphatic rings. The smallest absolute Gasteiger partial charge is 0.270 e. The maximum atomic E-state index is 13.7. The molecule has 8 nitrogen and oxygen atoms in total. The highest BCUT2D eigenvalue weighted by Gasteiger charge is 2.37. The average Bonchev–Trinajstić information content (AvgIpc) is 2.86. The van der Waals surface area contributed by atoms with Crippen molar-refractivity contribution in [2.24, 2.45) is 0 Å². The van der Waals surface area contributed by atoms with Crippen molar-refractivity contribution in [3.8, 4) is 5.75 Å². The topological polar surface area (TPSA) is 107 Å². The number of ether oxygens (including phenoxy) is 1. The molecule has 0 aliphatic carbocycles. The largest absolute Gasteiger partial charge is 0.494 e. The second-order valence-corrected chi connectivity index (χ2v) is 5.46. The molecule has 0 spiro atoms. The van der Waals surface area contributed by atoms with Gasteiger partial charge in [0, 0.05) is 17.7 Å². The molecule has 132 valence electrons. The Bertz CT molecular complexity index is 972. The first-order chi connectivity index (χ1) is 12.3. The number of amides is 2. The molecule has 0 N–H and O–H groups in total. The van der Waals surface area contributed by atoms with Crippen LogP contribution in [0.5, 0.6) is 5.75 Å². The fraction of sp³-hybridized carbons (Fsp3) is 0.118. The number of ketones is 1. The number of non-ortho nitro benzene ring substituents is 1. The van der Waals surface area contributed by atoms with Gasteiger partial charge in [-0.15, -0.1) is 0 Å². The van der Waals surface area contributed by atoms with Crippen LogP contribution in [0.4, 0.5) is 10.1 Å². The minimum absolute atomic E-state index is 0.0192. The number of methoxy groups -OCH3 is 1. The van der Waals surface area contributed by atoms with Gasteiger partial charge in [-0.05, 0) is 24.3 Å². The van der Waals surface area contributed by atoms with Crippen LogP contribution in [0.3, 0.4) is 0 Å². The first kappa shape index (κ1) is 17.2. The Morgan fingerprint density at radius 1 is 1.15 bits per heavy atom. The number of nitro groups is 1. The summed E-state index contributed by atoms with van der Waals surface area (Å²) in [7, 11) is 1.28. The molecule has 0 unspecified atom stereocenters. The number of carbonyl (C=O) groups excluding carboxylic acids is 3. The third kappa shape index (κ3) is 2.79. The molecule has 0 saturated carbocycles. The van der Waals surface area contributed by atoms with Crippen LogP contribution >= 0.6 is 0 Å². The van der Waals surface area contributed by atoms with E-state index >= 15 is 0 Å².